The Morgan fingerprint density at radius 3 is 2.58 bits per heavy atom. The zero-order valence-electron chi connectivity index (χ0n) is 12.6. The van der Waals surface area contributed by atoms with Crippen molar-refractivity contribution < 1.29 is 0 Å². The monoisotopic (exact) mass is 259 g/mol. The molecule has 1 aliphatic rings. The summed E-state index contributed by atoms with van der Waals surface area (Å²) < 4.78 is 0. The van der Waals surface area contributed by atoms with Crippen molar-refractivity contribution in [3.8, 4) is 0 Å². The number of rotatable bonds is 7. The standard InChI is InChI=1S/C18H29N/c1-15(2)13-19-14-18-10-6-9-17(18)12-11-16-7-4-3-5-8-16/h3-5,7-8,15,17-19H,6,9-14H2,1-2H3. The topological polar surface area (TPSA) is 12.0 Å². The lowest BCUT2D eigenvalue weighted by atomic mass is 9.90. The van der Waals surface area contributed by atoms with Crippen LogP contribution in [0.2, 0.25) is 0 Å². The average molecular weight is 259 g/mol. The molecule has 0 radical (unpaired) electrons. The van der Waals surface area contributed by atoms with E-state index in [1.54, 1.807) is 0 Å². The fourth-order valence-corrected chi connectivity index (χ4v) is 3.32. The normalized spacial score (nSPS) is 23.1. The van der Waals surface area contributed by atoms with Crippen LogP contribution in [-0.4, -0.2) is 13.1 Å². The summed E-state index contributed by atoms with van der Waals surface area (Å²) in [4.78, 5) is 0. The van der Waals surface area contributed by atoms with Crippen LogP contribution in [0, 0.1) is 17.8 Å². The van der Waals surface area contributed by atoms with Gasteiger partial charge >= 0.3 is 0 Å². The summed E-state index contributed by atoms with van der Waals surface area (Å²) in [6, 6.07) is 11.0. The lowest BCUT2D eigenvalue weighted by Gasteiger charge is -2.20. The highest BCUT2D eigenvalue weighted by Gasteiger charge is 2.26. The van der Waals surface area contributed by atoms with Gasteiger partial charge in [0.15, 0.2) is 0 Å². The molecule has 2 unspecified atom stereocenters. The average Bonchev–Trinajstić information content (AvgIpc) is 2.85. The summed E-state index contributed by atoms with van der Waals surface area (Å²) in [5.41, 5.74) is 1.50. The molecule has 1 N–H and O–H groups in total. The van der Waals surface area contributed by atoms with E-state index in [1.165, 1.54) is 50.8 Å². The molecule has 2 rings (SSSR count). The molecule has 0 amide bonds. The molecule has 0 bridgehead atoms. The third-order valence-electron chi connectivity index (χ3n) is 4.42. The van der Waals surface area contributed by atoms with Crippen molar-refractivity contribution in [3.63, 3.8) is 0 Å². The predicted molar refractivity (Wildman–Crippen MR) is 83.3 cm³/mol. The second-order valence-electron chi connectivity index (χ2n) is 6.53. The smallest absolute Gasteiger partial charge is 0.00178 e. The van der Waals surface area contributed by atoms with Crippen LogP contribution in [0.25, 0.3) is 0 Å². The quantitative estimate of drug-likeness (QED) is 0.770. The van der Waals surface area contributed by atoms with Gasteiger partial charge in [0.2, 0.25) is 0 Å². The molecule has 0 saturated heterocycles. The Kier molecular flexibility index (Phi) is 5.91. The molecule has 0 aliphatic heterocycles. The highest BCUT2D eigenvalue weighted by molar-refractivity contribution is 5.14. The summed E-state index contributed by atoms with van der Waals surface area (Å²) in [7, 11) is 0. The first-order chi connectivity index (χ1) is 9.25. The van der Waals surface area contributed by atoms with Gasteiger partial charge < -0.3 is 5.32 Å². The molecule has 0 aromatic heterocycles. The molecule has 19 heavy (non-hydrogen) atoms. The van der Waals surface area contributed by atoms with Gasteiger partial charge in [0, 0.05) is 0 Å². The Hall–Kier alpha value is -0.820. The second kappa shape index (κ2) is 7.69. The van der Waals surface area contributed by atoms with Crippen LogP contribution in [-0.2, 0) is 6.42 Å². The Labute approximate surface area is 118 Å². The van der Waals surface area contributed by atoms with E-state index in [1.807, 2.05) is 0 Å². The number of hydrogen-bond donors (Lipinski definition) is 1. The fourth-order valence-electron chi connectivity index (χ4n) is 3.32. The maximum absolute atomic E-state index is 3.65. The first kappa shape index (κ1) is 14.6. The number of nitrogens with one attached hydrogen (secondary N) is 1. The Morgan fingerprint density at radius 2 is 1.84 bits per heavy atom. The zero-order chi connectivity index (χ0) is 13.5. The van der Waals surface area contributed by atoms with Gasteiger partial charge in [0.05, 0.1) is 0 Å². The predicted octanol–water partition coefficient (Wildman–Crippen LogP) is 4.28. The van der Waals surface area contributed by atoms with Crippen molar-refractivity contribution in [3.05, 3.63) is 35.9 Å². The van der Waals surface area contributed by atoms with E-state index in [0.717, 1.165) is 17.8 Å². The molecule has 1 aliphatic carbocycles. The van der Waals surface area contributed by atoms with Crippen LogP contribution in [0.15, 0.2) is 30.3 Å². The minimum absolute atomic E-state index is 0.768. The molecule has 1 heteroatoms. The molecule has 1 aromatic carbocycles. The molecule has 1 aromatic rings. The molecule has 1 fully saturated rings. The first-order valence-corrected chi connectivity index (χ1v) is 8.00. The summed E-state index contributed by atoms with van der Waals surface area (Å²) in [6.45, 7) is 6.97. The Balaban J connectivity index is 1.72. The highest BCUT2D eigenvalue weighted by atomic mass is 14.9. The molecule has 1 saturated carbocycles. The van der Waals surface area contributed by atoms with Gasteiger partial charge in [-0.25, -0.2) is 0 Å². The first-order valence-electron chi connectivity index (χ1n) is 8.00. The van der Waals surface area contributed by atoms with Gasteiger partial charge in [0.1, 0.15) is 0 Å². The van der Waals surface area contributed by atoms with Gasteiger partial charge in [-0.3, -0.25) is 0 Å². The van der Waals surface area contributed by atoms with Crippen molar-refractivity contribution in [1.29, 1.82) is 0 Å². The lowest BCUT2D eigenvalue weighted by molar-refractivity contribution is 0.341. The SMILES string of the molecule is CC(C)CNCC1CCCC1CCc1ccccc1. The molecule has 1 nitrogen and oxygen atoms in total. The van der Waals surface area contributed by atoms with E-state index in [0.29, 0.717) is 0 Å². The fraction of sp³-hybridized carbons (Fsp3) is 0.667. The van der Waals surface area contributed by atoms with Crippen LogP contribution >= 0.6 is 0 Å². The molecule has 0 heterocycles. The molecule has 106 valence electrons. The minimum atomic E-state index is 0.768. The van der Waals surface area contributed by atoms with E-state index in [2.05, 4.69) is 49.5 Å². The van der Waals surface area contributed by atoms with E-state index >= 15 is 0 Å². The van der Waals surface area contributed by atoms with E-state index in [-0.39, 0.29) is 0 Å². The summed E-state index contributed by atoms with van der Waals surface area (Å²) in [6.07, 6.45) is 6.95. The van der Waals surface area contributed by atoms with E-state index in [4.69, 9.17) is 0 Å². The van der Waals surface area contributed by atoms with Gasteiger partial charge in [-0.15, -0.1) is 0 Å². The van der Waals surface area contributed by atoms with Gasteiger partial charge in [-0.1, -0.05) is 57.0 Å². The zero-order valence-corrected chi connectivity index (χ0v) is 12.6. The number of benzene rings is 1. The highest BCUT2D eigenvalue weighted by Crippen LogP contribution is 2.34. The largest absolute Gasteiger partial charge is 0.316 e. The second-order valence-corrected chi connectivity index (χ2v) is 6.53. The van der Waals surface area contributed by atoms with E-state index < -0.39 is 0 Å². The summed E-state index contributed by atoms with van der Waals surface area (Å²) in [5, 5.41) is 3.65. The molecular weight excluding hydrogens is 230 g/mol. The van der Waals surface area contributed by atoms with Crippen molar-refractivity contribution in [2.24, 2.45) is 17.8 Å². The van der Waals surface area contributed by atoms with Crippen LogP contribution in [0.3, 0.4) is 0 Å². The third-order valence-corrected chi connectivity index (χ3v) is 4.42. The van der Waals surface area contributed by atoms with Crippen molar-refractivity contribution in [1.82, 2.24) is 5.32 Å². The van der Waals surface area contributed by atoms with Crippen LogP contribution in [0.1, 0.15) is 45.1 Å². The van der Waals surface area contributed by atoms with Gasteiger partial charge in [-0.2, -0.15) is 0 Å². The molecule has 0 spiro atoms. The third kappa shape index (κ3) is 4.99. The molecular formula is C18H29N. The van der Waals surface area contributed by atoms with E-state index in [9.17, 15) is 0 Å². The maximum Gasteiger partial charge on any atom is -0.00178 e. The number of hydrogen-bond acceptors (Lipinski definition) is 1. The Morgan fingerprint density at radius 1 is 1.11 bits per heavy atom. The minimum Gasteiger partial charge on any atom is -0.316 e. The summed E-state index contributed by atoms with van der Waals surface area (Å²) >= 11 is 0. The van der Waals surface area contributed by atoms with Gasteiger partial charge in [-0.05, 0) is 55.7 Å². The van der Waals surface area contributed by atoms with Gasteiger partial charge in [0.25, 0.3) is 0 Å². The lowest BCUT2D eigenvalue weighted by Crippen LogP contribution is -2.28. The summed E-state index contributed by atoms with van der Waals surface area (Å²) in [5.74, 6) is 2.63. The van der Waals surface area contributed by atoms with Crippen LogP contribution < -0.4 is 5.32 Å². The van der Waals surface area contributed by atoms with Crippen LogP contribution in [0.5, 0.6) is 0 Å². The number of aryl methyl sites for hydroxylation is 1. The Bertz CT molecular complexity index is 344. The maximum atomic E-state index is 3.65. The van der Waals surface area contributed by atoms with Crippen molar-refractivity contribution in [2.45, 2.75) is 46.0 Å². The van der Waals surface area contributed by atoms with Crippen molar-refractivity contribution >= 4 is 0 Å². The molecule has 2 atom stereocenters. The van der Waals surface area contributed by atoms with Crippen LogP contribution in [0.4, 0.5) is 0 Å². The van der Waals surface area contributed by atoms with Crippen molar-refractivity contribution in [2.75, 3.05) is 13.1 Å².